The van der Waals surface area contributed by atoms with E-state index in [-0.39, 0.29) is 56.8 Å². The van der Waals surface area contributed by atoms with Crippen LogP contribution in [0.3, 0.4) is 0 Å². The van der Waals surface area contributed by atoms with E-state index in [4.69, 9.17) is 25.8 Å². The molecule has 1 heterocycles. The van der Waals surface area contributed by atoms with Gasteiger partial charge in [-0.2, -0.15) is 0 Å². The first-order valence-electron chi connectivity index (χ1n) is 7.15. The predicted octanol–water partition coefficient (Wildman–Crippen LogP) is 2.40. The summed E-state index contributed by atoms with van der Waals surface area (Å²) in [4.78, 5) is 42.4. The fourth-order valence-electron chi connectivity index (χ4n) is 2.22. The number of carbonyl (C=O) groups is 2. The normalized spacial score (nSPS) is 14.8. The van der Waals surface area contributed by atoms with E-state index in [0.29, 0.717) is 13.0 Å². The molecule has 2 rings (SSSR count). The van der Waals surface area contributed by atoms with Gasteiger partial charge < -0.3 is 25.3 Å². The van der Waals surface area contributed by atoms with Crippen molar-refractivity contribution in [2.75, 3.05) is 13.2 Å². The van der Waals surface area contributed by atoms with Gasteiger partial charge in [-0.1, -0.05) is 0 Å². The molecule has 145 valence electrons. The van der Waals surface area contributed by atoms with E-state index in [9.17, 15) is 19.7 Å². The number of amides is 2. The van der Waals surface area contributed by atoms with E-state index in [0.717, 1.165) is 6.42 Å². The number of likely N-dealkylation sites (tertiary alicyclic amines) is 1. The number of benzene rings is 1. The van der Waals surface area contributed by atoms with Gasteiger partial charge in [0.2, 0.25) is 6.09 Å². The fraction of sp³-hybridized carbons (Fsp3) is 0.385. The van der Waals surface area contributed by atoms with Crippen molar-refractivity contribution >= 4 is 17.9 Å². The SMILES string of the molecule is O=[N+]([O-])O.[NH-]C(=O)OCC1CCCN1C(=O)Oc1ccc([N+](=O)[O-])cc1.[Y]. The van der Waals surface area contributed by atoms with Crippen LogP contribution in [-0.2, 0) is 37.4 Å². The Morgan fingerprint density at radius 1 is 1.26 bits per heavy atom. The van der Waals surface area contributed by atoms with E-state index < -0.39 is 22.2 Å². The molecule has 27 heavy (non-hydrogen) atoms. The van der Waals surface area contributed by atoms with Gasteiger partial charge in [-0.05, 0) is 25.0 Å². The van der Waals surface area contributed by atoms with Gasteiger partial charge in [0.1, 0.15) is 12.4 Å². The first-order valence-corrected chi connectivity index (χ1v) is 7.15. The Balaban J connectivity index is 0.00000123. The molecule has 1 atom stereocenters. The van der Waals surface area contributed by atoms with Crippen LogP contribution in [0.2, 0.25) is 0 Å². The van der Waals surface area contributed by atoms with E-state index in [1.165, 1.54) is 29.2 Å². The van der Waals surface area contributed by atoms with Crippen molar-refractivity contribution in [2.45, 2.75) is 18.9 Å². The number of carbonyl (C=O) groups excluding carboxylic acids is 2. The number of non-ortho nitro benzene ring substituents is 1. The summed E-state index contributed by atoms with van der Waals surface area (Å²) in [6.07, 6.45) is -0.355. The second-order valence-corrected chi connectivity index (χ2v) is 4.94. The van der Waals surface area contributed by atoms with Crippen LogP contribution in [0.25, 0.3) is 5.73 Å². The predicted molar refractivity (Wildman–Crippen MR) is 83.3 cm³/mol. The smallest absolute Gasteiger partial charge is 0.415 e. The third kappa shape index (κ3) is 9.10. The summed E-state index contributed by atoms with van der Waals surface area (Å²) in [7, 11) is 0. The number of nitrogens with one attached hydrogen (secondary N) is 1. The first-order chi connectivity index (χ1) is 12.2. The quantitative estimate of drug-likeness (QED) is 0.520. The minimum absolute atomic E-state index is 0. The van der Waals surface area contributed by atoms with E-state index in [1.54, 1.807) is 0 Å². The van der Waals surface area contributed by atoms with Crippen molar-refractivity contribution in [3.63, 3.8) is 0 Å². The van der Waals surface area contributed by atoms with Crippen molar-refractivity contribution in [1.82, 2.24) is 4.90 Å². The van der Waals surface area contributed by atoms with Crippen molar-refractivity contribution in [3.05, 3.63) is 50.2 Å². The molecular formula is C13H15N4O9Y-. The molecule has 1 unspecified atom stereocenters. The maximum atomic E-state index is 12.1. The molecular weight excluding hydrogens is 445 g/mol. The number of rotatable bonds is 4. The van der Waals surface area contributed by atoms with Gasteiger partial charge in [-0.15, -0.1) is 10.1 Å². The summed E-state index contributed by atoms with van der Waals surface area (Å²) in [5.41, 5.74) is 6.60. The van der Waals surface area contributed by atoms with Crippen molar-refractivity contribution in [2.24, 2.45) is 0 Å². The molecule has 0 bridgehead atoms. The summed E-state index contributed by atoms with van der Waals surface area (Å²) in [5, 5.41) is 24.2. The molecule has 0 aromatic heterocycles. The fourth-order valence-corrected chi connectivity index (χ4v) is 2.22. The van der Waals surface area contributed by atoms with Crippen LogP contribution in [0, 0.1) is 20.2 Å². The molecule has 14 heteroatoms. The Morgan fingerprint density at radius 2 is 1.81 bits per heavy atom. The molecule has 1 aromatic rings. The van der Waals surface area contributed by atoms with Crippen LogP contribution in [0.4, 0.5) is 15.3 Å². The van der Waals surface area contributed by atoms with Gasteiger partial charge in [0.15, 0.2) is 0 Å². The summed E-state index contributed by atoms with van der Waals surface area (Å²) in [5.74, 6) is 0.193. The van der Waals surface area contributed by atoms with Crippen molar-refractivity contribution in [3.8, 4) is 5.75 Å². The summed E-state index contributed by atoms with van der Waals surface area (Å²) in [6, 6.07) is 4.84. The number of hydrogen-bond acceptors (Lipinski definition) is 8. The minimum Gasteiger partial charge on any atom is -0.632 e. The van der Waals surface area contributed by atoms with Gasteiger partial charge in [-0.3, -0.25) is 14.9 Å². The molecule has 1 aliphatic heterocycles. The number of nitro groups is 1. The second kappa shape index (κ2) is 12.0. The topological polar surface area (TPSA) is 186 Å². The Morgan fingerprint density at radius 3 is 2.30 bits per heavy atom. The Kier molecular flexibility index (Phi) is 10.8. The molecule has 0 spiro atoms. The Hall–Kier alpha value is -2.54. The molecule has 1 saturated heterocycles. The maximum Gasteiger partial charge on any atom is 0.415 e. The average molecular weight is 460 g/mol. The molecule has 2 amide bonds. The van der Waals surface area contributed by atoms with Crippen LogP contribution in [0.15, 0.2) is 24.3 Å². The molecule has 1 aromatic carbocycles. The zero-order valence-corrected chi connectivity index (χ0v) is 16.7. The van der Waals surface area contributed by atoms with Crippen LogP contribution >= 0.6 is 0 Å². The molecule has 13 nitrogen and oxygen atoms in total. The number of nitrogens with zero attached hydrogens (tertiary/aromatic N) is 3. The number of nitro benzene ring substituents is 1. The second-order valence-electron chi connectivity index (χ2n) is 4.94. The van der Waals surface area contributed by atoms with E-state index in [1.807, 2.05) is 0 Å². The minimum atomic E-state index is -1.50. The maximum absolute atomic E-state index is 12.1. The molecule has 0 aliphatic carbocycles. The van der Waals surface area contributed by atoms with Crippen LogP contribution in [0.1, 0.15) is 12.8 Å². The average Bonchev–Trinajstić information content (AvgIpc) is 3.01. The Bertz CT molecular complexity index is 666. The van der Waals surface area contributed by atoms with E-state index >= 15 is 0 Å². The van der Waals surface area contributed by atoms with Crippen LogP contribution in [-0.4, -0.2) is 51.5 Å². The zero-order chi connectivity index (χ0) is 19.7. The number of ether oxygens (including phenoxy) is 2. The third-order valence-electron chi connectivity index (χ3n) is 3.27. The van der Waals surface area contributed by atoms with Crippen molar-refractivity contribution in [1.29, 1.82) is 0 Å². The van der Waals surface area contributed by atoms with E-state index in [2.05, 4.69) is 4.74 Å². The summed E-state index contributed by atoms with van der Waals surface area (Å²) >= 11 is 0. The standard InChI is InChI=1S/C13H15N3O6.HNO3.Y/c14-12(17)21-8-10-2-1-7-15(10)13(18)22-11-5-3-9(4-6-11)16(19)20;2-1(3)4;/h3-6,10H,1-2,7-8H2,(H2,14,17);(H,2,3,4);/p-1. The molecule has 1 fully saturated rings. The molecule has 1 aliphatic rings. The summed E-state index contributed by atoms with van der Waals surface area (Å²) < 4.78 is 9.75. The number of hydrogen-bond donors (Lipinski definition) is 1. The van der Waals surface area contributed by atoms with Gasteiger partial charge in [0, 0.05) is 51.4 Å². The summed E-state index contributed by atoms with van der Waals surface area (Å²) in [6.45, 7) is 0.420. The Labute approximate surface area is 177 Å². The first kappa shape index (κ1) is 24.5. The molecule has 2 N–H and O–H groups in total. The van der Waals surface area contributed by atoms with Gasteiger partial charge in [0.05, 0.1) is 11.0 Å². The largest absolute Gasteiger partial charge is 0.632 e. The monoisotopic (exact) mass is 460 g/mol. The molecule has 0 saturated carbocycles. The van der Waals surface area contributed by atoms with Gasteiger partial charge in [-0.25, -0.2) is 4.79 Å². The zero-order valence-electron chi connectivity index (χ0n) is 13.8. The van der Waals surface area contributed by atoms with Crippen LogP contribution < -0.4 is 4.74 Å². The third-order valence-corrected chi connectivity index (χ3v) is 3.27. The van der Waals surface area contributed by atoms with Gasteiger partial charge in [0.25, 0.3) is 10.8 Å². The molecule has 1 radical (unpaired) electrons. The van der Waals surface area contributed by atoms with Crippen molar-refractivity contribution < 1.29 is 67.0 Å². The van der Waals surface area contributed by atoms with Gasteiger partial charge >= 0.3 is 6.09 Å². The van der Waals surface area contributed by atoms with Crippen LogP contribution in [0.5, 0.6) is 5.75 Å².